The first-order valence-electron chi connectivity index (χ1n) is 7.85. The normalized spacial score (nSPS) is 10.6. The molecular weight excluding hydrogens is 298 g/mol. The molecule has 0 amide bonds. The van der Waals surface area contributed by atoms with Crippen molar-refractivity contribution in [1.82, 2.24) is 5.43 Å². The fraction of sp³-hybridized carbons (Fsp3) is 0.333. The van der Waals surface area contributed by atoms with Gasteiger partial charge in [0.1, 0.15) is 5.82 Å². The van der Waals surface area contributed by atoms with Gasteiger partial charge in [-0.05, 0) is 24.6 Å². The van der Waals surface area contributed by atoms with Crippen molar-refractivity contribution in [2.24, 2.45) is 0 Å². The smallest absolute Gasteiger partial charge is 0.168 e. The Labute approximate surface area is 135 Å². The summed E-state index contributed by atoms with van der Waals surface area (Å²) in [5.41, 5.74) is 7.25. The molecule has 0 radical (unpaired) electrons. The van der Waals surface area contributed by atoms with E-state index in [1.165, 1.54) is 6.07 Å². The van der Waals surface area contributed by atoms with E-state index in [1.807, 2.05) is 30.3 Å². The number of para-hydroxylation sites is 1. The van der Waals surface area contributed by atoms with Crippen molar-refractivity contribution in [2.45, 2.75) is 32.7 Å². The number of benzene rings is 2. The van der Waals surface area contributed by atoms with Crippen molar-refractivity contribution in [1.29, 1.82) is 0 Å². The number of anilines is 1. The highest BCUT2D eigenvalue weighted by Gasteiger charge is 2.12. The first-order valence-corrected chi connectivity index (χ1v) is 7.85. The zero-order valence-electron chi connectivity index (χ0n) is 13.2. The Morgan fingerprint density at radius 2 is 1.83 bits per heavy atom. The van der Waals surface area contributed by atoms with E-state index in [9.17, 15) is 8.78 Å². The van der Waals surface area contributed by atoms with Crippen LogP contribution in [-0.4, -0.2) is 6.61 Å². The van der Waals surface area contributed by atoms with Crippen LogP contribution in [0, 0.1) is 11.6 Å². The molecule has 0 aliphatic heterocycles. The van der Waals surface area contributed by atoms with Gasteiger partial charge < -0.3 is 10.2 Å². The Morgan fingerprint density at radius 3 is 2.57 bits per heavy atom. The third-order valence-electron chi connectivity index (χ3n) is 3.36. The second-order valence-electron chi connectivity index (χ2n) is 5.28. The predicted molar refractivity (Wildman–Crippen MR) is 88.3 cm³/mol. The van der Waals surface area contributed by atoms with Crippen LogP contribution in [0.2, 0.25) is 0 Å². The lowest BCUT2D eigenvalue weighted by molar-refractivity contribution is 0.287. The van der Waals surface area contributed by atoms with Gasteiger partial charge in [-0.1, -0.05) is 38.0 Å². The highest BCUT2D eigenvalue weighted by atomic mass is 19.1. The molecule has 0 spiro atoms. The maximum absolute atomic E-state index is 14.0. The number of nitrogens with one attached hydrogen (secondary N) is 2. The monoisotopic (exact) mass is 320 g/mol. The quantitative estimate of drug-likeness (QED) is 0.521. The van der Waals surface area contributed by atoms with Crippen LogP contribution in [0.15, 0.2) is 42.5 Å². The second kappa shape index (κ2) is 9.10. The third kappa shape index (κ3) is 5.53. The van der Waals surface area contributed by atoms with Gasteiger partial charge in [0, 0.05) is 23.9 Å². The molecule has 3 nitrogen and oxygen atoms in total. The molecule has 2 aromatic rings. The van der Waals surface area contributed by atoms with Gasteiger partial charge >= 0.3 is 0 Å². The van der Waals surface area contributed by atoms with Crippen LogP contribution in [0.3, 0.4) is 0 Å². The Balaban J connectivity index is 1.98. The minimum atomic E-state index is -0.669. The molecule has 0 aliphatic carbocycles. The van der Waals surface area contributed by atoms with E-state index in [1.54, 1.807) is 0 Å². The van der Waals surface area contributed by atoms with Crippen LogP contribution >= 0.6 is 0 Å². The molecule has 0 saturated carbocycles. The van der Waals surface area contributed by atoms with Gasteiger partial charge in [-0.15, -0.1) is 0 Å². The van der Waals surface area contributed by atoms with E-state index >= 15 is 0 Å². The molecule has 0 fully saturated rings. The zero-order valence-corrected chi connectivity index (χ0v) is 13.2. The van der Waals surface area contributed by atoms with Gasteiger partial charge in [-0.25, -0.2) is 14.2 Å². The summed E-state index contributed by atoms with van der Waals surface area (Å²) < 4.78 is 32.9. The molecule has 0 aliphatic rings. The molecule has 0 saturated heterocycles. The SMILES string of the molecule is CCCCCOc1c(F)cc(F)cc1CNNc1ccccc1. The number of hydrogen-bond donors (Lipinski definition) is 2. The molecule has 5 heteroatoms. The summed E-state index contributed by atoms with van der Waals surface area (Å²) in [6, 6.07) is 11.6. The van der Waals surface area contributed by atoms with Gasteiger partial charge in [0.15, 0.2) is 11.6 Å². The average Bonchev–Trinajstić information content (AvgIpc) is 2.54. The first-order chi connectivity index (χ1) is 11.2. The lowest BCUT2D eigenvalue weighted by Gasteiger charge is -2.14. The van der Waals surface area contributed by atoms with Gasteiger partial charge in [-0.2, -0.15) is 0 Å². The van der Waals surface area contributed by atoms with Crippen molar-refractivity contribution in [3.05, 3.63) is 59.7 Å². The Hall–Kier alpha value is -2.14. The molecule has 0 heterocycles. The molecule has 0 atom stereocenters. The molecule has 0 aromatic heterocycles. The van der Waals surface area contributed by atoms with Crippen molar-refractivity contribution < 1.29 is 13.5 Å². The van der Waals surface area contributed by atoms with Gasteiger partial charge in [0.25, 0.3) is 0 Å². The van der Waals surface area contributed by atoms with Crippen molar-refractivity contribution in [2.75, 3.05) is 12.0 Å². The summed E-state index contributed by atoms with van der Waals surface area (Å²) in [4.78, 5) is 0. The third-order valence-corrected chi connectivity index (χ3v) is 3.36. The van der Waals surface area contributed by atoms with Crippen LogP contribution < -0.4 is 15.6 Å². The number of ether oxygens (including phenoxy) is 1. The topological polar surface area (TPSA) is 33.3 Å². The standard InChI is InChI=1S/C18H22F2N2O/c1-2-3-7-10-23-18-14(11-15(19)12-17(18)20)13-21-22-16-8-5-4-6-9-16/h4-6,8-9,11-12,21-22H,2-3,7,10,13H2,1H3. The zero-order chi connectivity index (χ0) is 16.5. The largest absolute Gasteiger partial charge is 0.490 e. The van der Waals surface area contributed by atoms with Gasteiger partial charge in [-0.3, -0.25) is 0 Å². The fourth-order valence-corrected chi connectivity index (χ4v) is 2.20. The van der Waals surface area contributed by atoms with Gasteiger partial charge in [0.2, 0.25) is 0 Å². The van der Waals surface area contributed by atoms with Crippen LogP contribution in [0.1, 0.15) is 31.7 Å². The van der Waals surface area contributed by atoms with Crippen molar-refractivity contribution in [3.63, 3.8) is 0 Å². The van der Waals surface area contributed by atoms with E-state index in [0.29, 0.717) is 12.2 Å². The maximum Gasteiger partial charge on any atom is 0.168 e. The minimum Gasteiger partial charge on any atom is -0.490 e. The summed E-state index contributed by atoms with van der Waals surface area (Å²) in [5, 5.41) is 0. The van der Waals surface area contributed by atoms with Crippen molar-refractivity contribution >= 4 is 5.69 Å². The number of halogens is 2. The van der Waals surface area contributed by atoms with Crippen LogP contribution in [0.5, 0.6) is 5.75 Å². The fourth-order valence-electron chi connectivity index (χ4n) is 2.20. The van der Waals surface area contributed by atoms with E-state index in [2.05, 4.69) is 17.8 Å². The van der Waals surface area contributed by atoms with E-state index in [0.717, 1.165) is 31.0 Å². The summed E-state index contributed by atoms with van der Waals surface area (Å²) in [6.45, 7) is 2.76. The summed E-state index contributed by atoms with van der Waals surface area (Å²) >= 11 is 0. The molecule has 23 heavy (non-hydrogen) atoms. The molecule has 2 aromatic carbocycles. The lowest BCUT2D eigenvalue weighted by atomic mass is 10.2. The highest BCUT2D eigenvalue weighted by Crippen LogP contribution is 2.25. The summed E-state index contributed by atoms with van der Waals surface area (Å²) in [5.74, 6) is -1.16. The van der Waals surface area contributed by atoms with E-state index in [-0.39, 0.29) is 12.3 Å². The Kier molecular flexibility index (Phi) is 6.81. The first kappa shape index (κ1) is 17.2. The van der Waals surface area contributed by atoms with Crippen LogP contribution in [0.4, 0.5) is 14.5 Å². The molecule has 0 unspecified atom stereocenters. The molecule has 0 bridgehead atoms. The second-order valence-corrected chi connectivity index (χ2v) is 5.28. The Bertz CT molecular complexity index is 605. The number of hydrazine groups is 1. The van der Waals surface area contributed by atoms with Gasteiger partial charge in [0.05, 0.1) is 6.61 Å². The summed E-state index contributed by atoms with van der Waals surface area (Å²) in [7, 11) is 0. The number of rotatable bonds is 9. The minimum absolute atomic E-state index is 0.116. The lowest BCUT2D eigenvalue weighted by Crippen LogP contribution is -2.21. The average molecular weight is 320 g/mol. The van der Waals surface area contributed by atoms with Crippen molar-refractivity contribution in [3.8, 4) is 5.75 Å². The molecule has 124 valence electrons. The van der Waals surface area contributed by atoms with Crippen LogP contribution in [-0.2, 0) is 6.54 Å². The van der Waals surface area contributed by atoms with E-state index < -0.39 is 11.6 Å². The summed E-state index contributed by atoms with van der Waals surface area (Å²) in [6.07, 6.45) is 2.93. The number of unbranched alkanes of at least 4 members (excludes halogenated alkanes) is 2. The molecule has 2 rings (SSSR count). The number of hydrogen-bond acceptors (Lipinski definition) is 3. The molecule has 2 N–H and O–H groups in total. The molecular formula is C18H22F2N2O. The highest BCUT2D eigenvalue weighted by molar-refractivity contribution is 5.42. The predicted octanol–water partition coefficient (Wildman–Crippen LogP) is 4.65. The maximum atomic E-state index is 14.0. The van der Waals surface area contributed by atoms with Crippen LogP contribution in [0.25, 0.3) is 0 Å². The Morgan fingerprint density at radius 1 is 1.04 bits per heavy atom. The van der Waals surface area contributed by atoms with E-state index in [4.69, 9.17) is 4.74 Å².